The summed E-state index contributed by atoms with van der Waals surface area (Å²) in [4.78, 5) is 30.2. The molecule has 1 spiro atoms. The molecule has 1 atom stereocenters. The van der Waals surface area contributed by atoms with Gasteiger partial charge in [-0.05, 0) is 44.7 Å². The summed E-state index contributed by atoms with van der Waals surface area (Å²) in [5.41, 5.74) is 0.467. The van der Waals surface area contributed by atoms with Crippen molar-refractivity contribution in [3.8, 4) is 5.75 Å². The van der Waals surface area contributed by atoms with Crippen LogP contribution in [-0.4, -0.2) is 72.8 Å². The molecule has 31 heavy (non-hydrogen) atoms. The predicted octanol–water partition coefficient (Wildman–Crippen LogP) is 2.65. The third-order valence-electron chi connectivity index (χ3n) is 7.06. The molecule has 170 valence electrons. The Morgan fingerprint density at radius 1 is 1.10 bits per heavy atom. The molecule has 2 heterocycles. The minimum atomic E-state index is -3.21. The van der Waals surface area contributed by atoms with Gasteiger partial charge in [0.25, 0.3) is 5.91 Å². The molecule has 1 saturated carbocycles. The van der Waals surface area contributed by atoms with Crippen molar-refractivity contribution >= 4 is 21.7 Å². The zero-order chi connectivity index (χ0) is 22.1. The molecule has 1 aromatic rings. The second kappa shape index (κ2) is 8.81. The van der Waals surface area contributed by atoms with Gasteiger partial charge >= 0.3 is 0 Å². The van der Waals surface area contributed by atoms with Crippen molar-refractivity contribution < 1.29 is 22.7 Å². The number of rotatable bonds is 4. The normalized spacial score (nSPS) is 24.9. The first-order valence-electron chi connectivity index (χ1n) is 11.4. The van der Waals surface area contributed by atoms with E-state index in [1.54, 1.807) is 28.0 Å². The first-order valence-corrected chi connectivity index (χ1v) is 13.1. The third-order valence-corrected chi connectivity index (χ3v) is 9.64. The molecule has 2 aliphatic heterocycles. The number of likely N-dealkylation sites (tertiary alicyclic amines) is 1. The lowest BCUT2D eigenvalue weighted by molar-refractivity contribution is -0.135. The maximum absolute atomic E-state index is 13.5. The standard InChI is InChI=1S/C23H32N2O5S/c1-2-30-20-11-5-4-9-18(20)21(26)25-14-8-10-19(25)22(27)24-15-16-31(28,29)23(17-24)12-6-3-7-13-23/h4-5,9,11,19H,2-3,6-8,10,12-17H2,1H3. The number of amides is 2. The van der Waals surface area contributed by atoms with Gasteiger partial charge in [0.1, 0.15) is 11.8 Å². The Kier molecular flexibility index (Phi) is 6.28. The molecule has 0 radical (unpaired) electrons. The van der Waals surface area contributed by atoms with Gasteiger partial charge in [-0.25, -0.2) is 8.42 Å². The number of para-hydroxylation sites is 1. The van der Waals surface area contributed by atoms with Crippen LogP contribution < -0.4 is 4.74 Å². The summed E-state index contributed by atoms with van der Waals surface area (Å²) >= 11 is 0. The molecule has 7 nitrogen and oxygen atoms in total. The molecule has 3 aliphatic rings. The van der Waals surface area contributed by atoms with Crippen LogP contribution >= 0.6 is 0 Å². The van der Waals surface area contributed by atoms with Crippen LogP contribution in [-0.2, 0) is 14.6 Å². The molecule has 1 aliphatic carbocycles. The van der Waals surface area contributed by atoms with Crippen molar-refractivity contribution in [2.45, 2.75) is 62.7 Å². The van der Waals surface area contributed by atoms with E-state index in [1.807, 2.05) is 13.0 Å². The second-order valence-electron chi connectivity index (χ2n) is 8.91. The highest BCUT2D eigenvalue weighted by Gasteiger charge is 2.50. The van der Waals surface area contributed by atoms with Crippen LogP contribution in [0.25, 0.3) is 0 Å². The molecule has 8 heteroatoms. The Morgan fingerprint density at radius 3 is 2.58 bits per heavy atom. The summed E-state index contributed by atoms with van der Waals surface area (Å²) in [5.74, 6) is 0.238. The van der Waals surface area contributed by atoms with Gasteiger partial charge in [0.2, 0.25) is 5.91 Å². The van der Waals surface area contributed by atoms with Gasteiger partial charge in [-0.2, -0.15) is 0 Å². The number of benzene rings is 1. The van der Waals surface area contributed by atoms with E-state index in [0.29, 0.717) is 43.7 Å². The van der Waals surface area contributed by atoms with Crippen LogP contribution in [0.3, 0.4) is 0 Å². The van der Waals surface area contributed by atoms with Crippen LogP contribution in [0.15, 0.2) is 24.3 Å². The quantitative estimate of drug-likeness (QED) is 0.707. The summed E-state index contributed by atoms with van der Waals surface area (Å²) in [7, 11) is -3.21. The number of nitrogens with zero attached hydrogens (tertiary/aromatic N) is 2. The van der Waals surface area contributed by atoms with E-state index in [9.17, 15) is 18.0 Å². The van der Waals surface area contributed by atoms with Crippen molar-refractivity contribution in [3.63, 3.8) is 0 Å². The molecule has 3 fully saturated rings. The van der Waals surface area contributed by atoms with Gasteiger partial charge in [0.05, 0.1) is 22.7 Å². The highest BCUT2D eigenvalue weighted by atomic mass is 32.2. The van der Waals surface area contributed by atoms with Crippen LogP contribution in [0.1, 0.15) is 62.2 Å². The Bertz CT molecular complexity index is 939. The molecule has 2 saturated heterocycles. The molecule has 1 unspecified atom stereocenters. The highest BCUT2D eigenvalue weighted by Crippen LogP contribution is 2.39. The molecule has 1 aromatic carbocycles. The van der Waals surface area contributed by atoms with E-state index in [0.717, 1.165) is 25.7 Å². The van der Waals surface area contributed by atoms with E-state index in [4.69, 9.17) is 4.74 Å². The molecular formula is C23H32N2O5S. The van der Waals surface area contributed by atoms with E-state index >= 15 is 0 Å². The molecule has 0 aromatic heterocycles. The van der Waals surface area contributed by atoms with Crippen molar-refractivity contribution in [2.24, 2.45) is 0 Å². The Labute approximate surface area is 184 Å². The second-order valence-corrected chi connectivity index (χ2v) is 11.4. The lowest BCUT2D eigenvalue weighted by Crippen LogP contribution is -2.61. The minimum Gasteiger partial charge on any atom is -0.493 e. The monoisotopic (exact) mass is 448 g/mol. The number of carbonyl (C=O) groups excluding carboxylic acids is 2. The maximum Gasteiger partial charge on any atom is 0.258 e. The largest absolute Gasteiger partial charge is 0.493 e. The van der Waals surface area contributed by atoms with Gasteiger partial charge in [0.15, 0.2) is 9.84 Å². The lowest BCUT2D eigenvalue weighted by Gasteiger charge is -2.45. The Morgan fingerprint density at radius 2 is 1.84 bits per heavy atom. The average Bonchev–Trinajstić information content (AvgIpc) is 3.26. The summed E-state index contributed by atoms with van der Waals surface area (Å²) in [6.45, 7) is 3.33. The number of hydrogen-bond acceptors (Lipinski definition) is 5. The van der Waals surface area contributed by atoms with Crippen LogP contribution in [0.5, 0.6) is 5.75 Å². The first-order chi connectivity index (χ1) is 14.9. The fourth-order valence-corrected chi connectivity index (χ4v) is 7.54. The van der Waals surface area contributed by atoms with E-state index in [1.165, 1.54) is 0 Å². The van der Waals surface area contributed by atoms with E-state index in [-0.39, 0.29) is 30.7 Å². The summed E-state index contributed by atoms with van der Waals surface area (Å²) in [6, 6.07) is 6.59. The lowest BCUT2D eigenvalue weighted by atomic mass is 9.87. The SMILES string of the molecule is CCOc1ccccc1C(=O)N1CCCC1C(=O)N1CCS(=O)(=O)C2(CCCCC2)C1. The van der Waals surface area contributed by atoms with Gasteiger partial charge in [-0.3, -0.25) is 9.59 Å². The first kappa shape index (κ1) is 22.1. The number of carbonyl (C=O) groups is 2. The van der Waals surface area contributed by atoms with Crippen LogP contribution in [0.2, 0.25) is 0 Å². The Hall–Kier alpha value is -2.09. The Balaban J connectivity index is 1.54. The third kappa shape index (κ3) is 4.06. The van der Waals surface area contributed by atoms with Crippen LogP contribution in [0.4, 0.5) is 0 Å². The molecule has 2 amide bonds. The van der Waals surface area contributed by atoms with Crippen molar-refractivity contribution in [1.29, 1.82) is 0 Å². The highest BCUT2D eigenvalue weighted by molar-refractivity contribution is 7.92. The van der Waals surface area contributed by atoms with Gasteiger partial charge in [0, 0.05) is 19.6 Å². The molecule has 4 rings (SSSR count). The van der Waals surface area contributed by atoms with Crippen molar-refractivity contribution in [2.75, 3.05) is 32.0 Å². The van der Waals surface area contributed by atoms with Gasteiger partial charge in [-0.15, -0.1) is 0 Å². The van der Waals surface area contributed by atoms with Crippen LogP contribution in [0, 0.1) is 0 Å². The maximum atomic E-state index is 13.5. The summed E-state index contributed by atoms with van der Waals surface area (Å²) in [5, 5.41) is 0. The topological polar surface area (TPSA) is 84.0 Å². The van der Waals surface area contributed by atoms with Gasteiger partial charge < -0.3 is 14.5 Å². The smallest absolute Gasteiger partial charge is 0.258 e. The zero-order valence-corrected chi connectivity index (χ0v) is 19.0. The average molecular weight is 449 g/mol. The fourth-order valence-electron chi connectivity index (χ4n) is 5.38. The minimum absolute atomic E-state index is 0.0204. The predicted molar refractivity (Wildman–Crippen MR) is 118 cm³/mol. The van der Waals surface area contributed by atoms with Gasteiger partial charge in [-0.1, -0.05) is 31.4 Å². The number of ether oxygens (including phenoxy) is 1. The van der Waals surface area contributed by atoms with E-state index < -0.39 is 20.6 Å². The number of hydrogen-bond donors (Lipinski definition) is 0. The van der Waals surface area contributed by atoms with Crippen molar-refractivity contribution in [1.82, 2.24) is 9.80 Å². The number of sulfone groups is 1. The summed E-state index contributed by atoms with van der Waals surface area (Å²) in [6.07, 6.45) is 5.47. The molecule has 0 bridgehead atoms. The zero-order valence-electron chi connectivity index (χ0n) is 18.2. The van der Waals surface area contributed by atoms with Crippen molar-refractivity contribution in [3.05, 3.63) is 29.8 Å². The van der Waals surface area contributed by atoms with E-state index in [2.05, 4.69) is 0 Å². The molecule has 0 N–H and O–H groups in total. The fraction of sp³-hybridized carbons (Fsp3) is 0.652. The molecular weight excluding hydrogens is 416 g/mol. The summed E-state index contributed by atoms with van der Waals surface area (Å²) < 4.78 is 30.6.